The minimum atomic E-state index is -1.31. The molecule has 11 N–H and O–H groups in total. The molecule has 0 spiro atoms. The molecule has 2 rings (SSSR count). The Morgan fingerprint density at radius 2 is 1.31 bits per heavy atom. The van der Waals surface area contributed by atoms with Crippen LogP contribution < -0.4 is 33.2 Å². The normalized spacial score (nSPS) is 13.7. The highest BCUT2D eigenvalue weighted by Crippen LogP contribution is 2.12. The molecular formula is C29H41N7O6. The van der Waals surface area contributed by atoms with Gasteiger partial charge in [0.25, 0.3) is 0 Å². The maximum absolute atomic E-state index is 13.5. The van der Waals surface area contributed by atoms with E-state index in [1.54, 1.807) is 56.3 Å². The molecule has 228 valence electrons. The summed E-state index contributed by atoms with van der Waals surface area (Å²) in [6.45, 7) is 3.76. The number of nitrogens with zero attached hydrogens (tertiary/aromatic N) is 1. The number of carbonyl (C=O) groups is 4. The van der Waals surface area contributed by atoms with E-state index in [1.807, 2.05) is 0 Å². The van der Waals surface area contributed by atoms with Gasteiger partial charge in [-0.15, -0.1) is 0 Å². The van der Waals surface area contributed by atoms with Crippen LogP contribution in [0.2, 0.25) is 0 Å². The van der Waals surface area contributed by atoms with Crippen molar-refractivity contribution in [2.24, 2.45) is 28.1 Å². The van der Waals surface area contributed by atoms with Gasteiger partial charge in [0.05, 0.1) is 6.04 Å². The van der Waals surface area contributed by atoms with Crippen LogP contribution in [0.15, 0.2) is 59.6 Å². The zero-order valence-corrected chi connectivity index (χ0v) is 23.8. The Labute approximate surface area is 244 Å². The second kappa shape index (κ2) is 16.6. The fourth-order valence-electron chi connectivity index (χ4n) is 4.01. The Morgan fingerprint density at radius 1 is 0.786 bits per heavy atom. The first kappa shape index (κ1) is 33.6. The average molecular weight is 584 g/mol. The molecule has 3 amide bonds. The molecule has 42 heavy (non-hydrogen) atoms. The van der Waals surface area contributed by atoms with Crippen LogP contribution in [0.4, 0.5) is 0 Å². The van der Waals surface area contributed by atoms with Gasteiger partial charge >= 0.3 is 5.97 Å². The second-order valence-corrected chi connectivity index (χ2v) is 10.3. The fraction of sp³-hybridized carbons (Fsp3) is 0.414. The zero-order valence-electron chi connectivity index (χ0n) is 23.8. The van der Waals surface area contributed by atoms with E-state index in [-0.39, 0.29) is 43.4 Å². The molecule has 2 aromatic rings. The quantitative estimate of drug-likeness (QED) is 0.0738. The molecule has 4 atom stereocenters. The number of phenols is 1. The van der Waals surface area contributed by atoms with E-state index in [4.69, 9.17) is 17.2 Å². The van der Waals surface area contributed by atoms with Gasteiger partial charge in [-0.25, -0.2) is 4.79 Å². The number of benzene rings is 2. The van der Waals surface area contributed by atoms with E-state index in [0.717, 1.165) is 5.56 Å². The molecule has 0 aliphatic heterocycles. The first-order chi connectivity index (χ1) is 19.9. The molecule has 0 aliphatic carbocycles. The van der Waals surface area contributed by atoms with Crippen LogP contribution in [0.3, 0.4) is 0 Å². The van der Waals surface area contributed by atoms with Crippen molar-refractivity contribution in [1.82, 2.24) is 16.0 Å². The van der Waals surface area contributed by atoms with Crippen LogP contribution in [0.25, 0.3) is 0 Å². The maximum Gasteiger partial charge on any atom is 0.326 e. The van der Waals surface area contributed by atoms with E-state index >= 15 is 0 Å². The zero-order chi connectivity index (χ0) is 31.2. The van der Waals surface area contributed by atoms with Crippen LogP contribution in [-0.2, 0) is 32.0 Å². The number of rotatable bonds is 16. The standard InChI is InChI=1S/C29H41N7O6/c1-17(2)24(30)27(40)34-21(9-6-14-33-29(31)32)25(38)35-22(15-18-7-4-3-5-8-18)26(39)36-23(28(41)42)16-19-10-12-20(37)13-11-19/h3-5,7-8,10-13,17,21-24,37H,6,9,14-16,30H2,1-2H3,(H,34,40)(H,35,38)(H,36,39)(H,41,42)(H4,31,32,33). The lowest BCUT2D eigenvalue weighted by molar-refractivity contribution is -0.142. The number of carbonyl (C=O) groups excluding carboxylic acids is 3. The van der Waals surface area contributed by atoms with Crippen LogP contribution in [0, 0.1) is 5.92 Å². The molecule has 0 radical (unpaired) electrons. The van der Waals surface area contributed by atoms with Gasteiger partial charge in [0.1, 0.15) is 23.9 Å². The summed E-state index contributed by atoms with van der Waals surface area (Å²) >= 11 is 0. The van der Waals surface area contributed by atoms with E-state index in [2.05, 4.69) is 20.9 Å². The first-order valence-electron chi connectivity index (χ1n) is 13.6. The molecule has 4 unspecified atom stereocenters. The molecule has 0 aromatic heterocycles. The van der Waals surface area contributed by atoms with Gasteiger partial charge in [-0.1, -0.05) is 56.3 Å². The van der Waals surface area contributed by atoms with Gasteiger partial charge in [-0.05, 0) is 42.0 Å². The summed E-state index contributed by atoms with van der Waals surface area (Å²) in [6, 6.07) is 10.4. The molecular weight excluding hydrogens is 542 g/mol. The summed E-state index contributed by atoms with van der Waals surface area (Å²) in [5, 5.41) is 27.2. The lowest BCUT2D eigenvalue weighted by Crippen LogP contribution is -2.58. The number of aliphatic imine (C=N–C) groups is 1. The Hall–Kier alpha value is -4.65. The third kappa shape index (κ3) is 11.5. The maximum atomic E-state index is 13.5. The molecule has 13 nitrogen and oxygen atoms in total. The van der Waals surface area contributed by atoms with Crippen LogP contribution in [-0.4, -0.2) is 70.6 Å². The van der Waals surface area contributed by atoms with Crippen LogP contribution in [0.1, 0.15) is 37.8 Å². The van der Waals surface area contributed by atoms with Crippen LogP contribution >= 0.6 is 0 Å². The predicted octanol–water partition coefficient (Wildman–Crippen LogP) is -0.247. The third-order valence-electron chi connectivity index (χ3n) is 6.51. The second-order valence-electron chi connectivity index (χ2n) is 10.3. The summed E-state index contributed by atoms with van der Waals surface area (Å²) < 4.78 is 0. The number of phenolic OH excluding ortho intramolecular Hbond substituents is 1. The molecule has 13 heteroatoms. The number of aromatic hydroxyl groups is 1. The van der Waals surface area contributed by atoms with Crippen molar-refractivity contribution in [2.75, 3.05) is 6.54 Å². The number of hydrogen-bond donors (Lipinski definition) is 8. The number of carboxylic acids is 1. The largest absolute Gasteiger partial charge is 0.508 e. The predicted molar refractivity (Wildman–Crippen MR) is 158 cm³/mol. The molecule has 2 aromatic carbocycles. The lowest BCUT2D eigenvalue weighted by atomic mass is 10.0. The van der Waals surface area contributed by atoms with Gasteiger partial charge in [-0.2, -0.15) is 0 Å². The van der Waals surface area contributed by atoms with Crippen molar-refractivity contribution < 1.29 is 29.4 Å². The molecule has 0 fully saturated rings. The first-order valence-corrected chi connectivity index (χ1v) is 13.6. The summed E-state index contributed by atoms with van der Waals surface area (Å²) in [6.07, 6.45) is 0.502. The van der Waals surface area contributed by atoms with Gasteiger partial charge in [0, 0.05) is 19.4 Å². The summed E-state index contributed by atoms with van der Waals surface area (Å²) in [5.41, 5.74) is 18.0. The van der Waals surface area contributed by atoms with E-state index in [0.29, 0.717) is 12.0 Å². The highest BCUT2D eigenvalue weighted by Gasteiger charge is 2.31. The van der Waals surface area contributed by atoms with Gasteiger partial charge in [-0.3, -0.25) is 19.4 Å². The monoisotopic (exact) mass is 583 g/mol. The number of guanidine groups is 1. The number of aliphatic carboxylic acids is 1. The van der Waals surface area contributed by atoms with E-state index in [1.165, 1.54) is 12.1 Å². The summed E-state index contributed by atoms with van der Waals surface area (Å²) in [7, 11) is 0. The fourth-order valence-corrected chi connectivity index (χ4v) is 4.01. The Morgan fingerprint density at radius 3 is 1.88 bits per heavy atom. The van der Waals surface area contributed by atoms with Gasteiger partial charge < -0.3 is 43.4 Å². The summed E-state index contributed by atoms with van der Waals surface area (Å²) in [4.78, 5) is 55.5. The van der Waals surface area contributed by atoms with Crippen molar-refractivity contribution in [2.45, 2.75) is 63.7 Å². The van der Waals surface area contributed by atoms with Gasteiger partial charge in [0.15, 0.2) is 5.96 Å². The highest BCUT2D eigenvalue weighted by atomic mass is 16.4. The molecule has 0 saturated heterocycles. The average Bonchev–Trinajstić information content (AvgIpc) is 2.94. The summed E-state index contributed by atoms with van der Waals surface area (Å²) in [5.74, 6) is -3.44. The van der Waals surface area contributed by atoms with Gasteiger partial charge in [0.2, 0.25) is 17.7 Å². The minimum absolute atomic E-state index is 0.0228. The highest BCUT2D eigenvalue weighted by molar-refractivity contribution is 5.94. The number of nitrogens with one attached hydrogen (secondary N) is 3. The van der Waals surface area contributed by atoms with Crippen molar-refractivity contribution in [3.05, 3.63) is 65.7 Å². The molecule has 0 saturated carbocycles. The Balaban J connectivity index is 2.27. The number of carboxylic acid groups (broad SMARTS) is 1. The van der Waals surface area contributed by atoms with Crippen molar-refractivity contribution in [3.63, 3.8) is 0 Å². The van der Waals surface area contributed by atoms with Crippen molar-refractivity contribution >= 4 is 29.7 Å². The Bertz CT molecular complexity index is 1220. The Kier molecular flexibility index (Phi) is 13.2. The molecule has 0 heterocycles. The van der Waals surface area contributed by atoms with Crippen molar-refractivity contribution in [1.29, 1.82) is 0 Å². The minimum Gasteiger partial charge on any atom is -0.508 e. The number of amides is 3. The third-order valence-corrected chi connectivity index (χ3v) is 6.51. The SMILES string of the molecule is CC(C)C(N)C(=O)NC(CCCN=C(N)N)C(=O)NC(Cc1ccccc1)C(=O)NC(Cc1ccc(O)cc1)C(=O)O. The van der Waals surface area contributed by atoms with Crippen molar-refractivity contribution in [3.8, 4) is 5.75 Å². The topological polar surface area (TPSA) is 235 Å². The van der Waals surface area contributed by atoms with Crippen LogP contribution in [0.5, 0.6) is 5.75 Å². The smallest absolute Gasteiger partial charge is 0.326 e. The van der Waals surface area contributed by atoms with E-state index in [9.17, 15) is 29.4 Å². The molecule has 0 bridgehead atoms. The van der Waals surface area contributed by atoms with E-state index < -0.39 is 47.9 Å². The lowest BCUT2D eigenvalue weighted by Gasteiger charge is -2.26. The number of nitrogens with two attached hydrogens (primary N) is 3. The molecule has 0 aliphatic rings. The number of hydrogen-bond acceptors (Lipinski definition) is 7.